The van der Waals surface area contributed by atoms with Crippen LogP contribution < -0.4 is 5.32 Å². The molecule has 2 rings (SSSR count). The van der Waals surface area contributed by atoms with Crippen molar-refractivity contribution in [2.75, 3.05) is 39.3 Å². The summed E-state index contributed by atoms with van der Waals surface area (Å²) in [7, 11) is 0. The second-order valence-electron chi connectivity index (χ2n) is 5.99. The van der Waals surface area contributed by atoms with Crippen molar-refractivity contribution in [3.05, 3.63) is 0 Å². The Morgan fingerprint density at radius 2 is 2.14 bits per heavy atom. The van der Waals surface area contributed by atoms with Crippen LogP contribution >= 0.6 is 0 Å². The van der Waals surface area contributed by atoms with Gasteiger partial charge in [-0.2, -0.15) is 0 Å². The molecule has 2 aliphatic heterocycles. The summed E-state index contributed by atoms with van der Waals surface area (Å²) in [6.07, 6.45) is 5.78. The number of amides is 2. The zero-order chi connectivity index (χ0) is 15.1. The molecule has 0 bridgehead atoms. The quantitative estimate of drug-likeness (QED) is 0.647. The van der Waals surface area contributed by atoms with E-state index in [0.29, 0.717) is 19.5 Å². The summed E-state index contributed by atoms with van der Waals surface area (Å²) in [6, 6.07) is 0.289. The molecule has 120 valence electrons. The number of carbonyl (C=O) groups excluding carboxylic acids is 2. The molecule has 0 radical (unpaired) electrons. The zero-order valence-electron chi connectivity index (χ0n) is 12.7. The smallest absolute Gasteiger partial charge is 0.239 e. The fourth-order valence-electron chi connectivity index (χ4n) is 3.17. The SMILES string of the molecule is O=C(CN1CCCC1=O)NCCCN1CCCC[C@@H]1CO. The predicted octanol–water partition coefficient (Wildman–Crippen LogP) is -0.0381. The standard InChI is InChI=1S/C15H27N3O3/c19-12-13-5-1-2-8-17(13)10-4-7-16-14(20)11-18-9-3-6-15(18)21/h13,19H,1-12H2,(H,16,20)/t13-/m1/s1. The molecule has 0 spiro atoms. The first-order valence-corrected chi connectivity index (χ1v) is 8.10. The van der Waals surface area contributed by atoms with E-state index in [1.54, 1.807) is 4.90 Å². The Morgan fingerprint density at radius 3 is 2.86 bits per heavy atom. The van der Waals surface area contributed by atoms with Crippen LogP contribution in [0.15, 0.2) is 0 Å². The molecule has 6 heteroatoms. The molecule has 2 aliphatic rings. The third-order valence-corrected chi connectivity index (χ3v) is 4.41. The maximum Gasteiger partial charge on any atom is 0.239 e. The van der Waals surface area contributed by atoms with Gasteiger partial charge in [-0.25, -0.2) is 0 Å². The average Bonchev–Trinajstić information content (AvgIpc) is 2.89. The fourth-order valence-corrected chi connectivity index (χ4v) is 3.17. The minimum atomic E-state index is -0.0670. The van der Waals surface area contributed by atoms with Crippen LogP contribution in [0.5, 0.6) is 0 Å². The van der Waals surface area contributed by atoms with Gasteiger partial charge >= 0.3 is 0 Å². The van der Waals surface area contributed by atoms with Crippen molar-refractivity contribution < 1.29 is 14.7 Å². The molecule has 1 atom stereocenters. The van der Waals surface area contributed by atoms with Crippen molar-refractivity contribution in [1.82, 2.24) is 15.1 Å². The number of carbonyl (C=O) groups is 2. The van der Waals surface area contributed by atoms with Crippen LogP contribution in [0.1, 0.15) is 38.5 Å². The molecule has 2 amide bonds. The largest absolute Gasteiger partial charge is 0.395 e. The molecule has 2 fully saturated rings. The average molecular weight is 297 g/mol. The molecule has 0 aromatic rings. The van der Waals surface area contributed by atoms with E-state index >= 15 is 0 Å². The van der Waals surface area contributed by atoms with Gasteiger partial charge < -0.3 is 15.3 Å². The Kier molecular flexibility index (Phi) is 6.45. The van der Waals surface area contributed by atoms with Crippen LogP contribution in [0.3, 0.4) is 0 Å². The molecule has 2 heterocycles. The van der Waals surface area contributed by atoms with E-state index in [9.17, 15) is 14.7 Å². The summed E-state index contributed by atoms with van der Waals surface area (Å²) in [4.78, 5) is 27.1. The molecular formula is C15H27N3O3. The predicted molar refractivity (Wildman–Crippen MR) is 79.7 cm³/mol. The number of hydrogen-bond acceptors (Lipinski definition) is 4. The number of hydrogen-bond donors (Lipinski definition) is 2. The Bertz CT molecular complexity index is 362. The molecule has 0 aromatic carbocycles. The third kappa shape index (κ3) is 4.97. The first-order chi connectivity index (χ1) is 10.2. The van der Waals surface area contributed by atoms with Crippen LogP contribution in [0.4, 0.5) is 0 Å². The number of nitrogens with one attached hydrogen (secondary N) is 1. The topological polar surface area (TPSA) is 72.9 Å². The summed E-state index contributed by atoms with van der Waals surface area (Å²) in [5.41, 5.74) is 0. The highest BCUT2D eigenvalue weighted by atomic mass is 16.3. The van der Waals surface area contributed by atoms with Crippen molar-refractivity contribution in [2.45, 2.75) is 44.6 Å². The van der Waals surface area contributed by atoms with Crippen LogP contribution in [0.2, 0.25) is 0 Å². The summed E-state index contributed by atoms with van der Waals surface area (Å²) in [5, 5.41) is 12.2. The summed E-state index contributed by atoms with van der Waals surface area (Å²) in [5.74, 6) is 0.0202. The zero-order valence-corrected chi connectivity index (χ0v) is 12.7. The Hall–Kier alpha value is -1.14. The molecule has 0 saturated carbocycles. The van der Waals surface area contributed by atoms with Crippen molar-refractivity contribution in [1.29, 1.82) is 0 Å². The molecule has 21 heavy (non-hydrogen) atoms. The molecular weight excluding hydrogens is 270 g/mol. The number of aliphatic hydroxyl groups is 1. The minimum absolute atomic E-state index is 0.0670. The molecule has 0 unspecified atom stereocenters. The van der Waals surface area contributed by atoms with Gasteiger partial charge in [0.25, 0.3) is 0 Å². The first-order valence-electron chi connectivity index (χ1n) is 8.10. The number of nitrogens with zero attached hydrogens (tertiary/aromatic N) is 2. The van der Waals surface area contributed by atoms with Gasteiger partial charge in [-0.05, 0) is 32.2 Å². The first kappa shape index (κ1) is 16.2. The summed E-state index contributed by atoms with van der Waals surface area (Å²) < 4.78 is 0. The lowest BCUT2D eigenvalue weighted by Gasteiger charge is -2.34. The van der Waals surface area contributed by atoms with Gasteiger partial charge in [0.05, 0.1) is 13.2 Å². The van der Waals surface area contributed by atoms with Crippen LogP contribution in [-0.4, -0.2) is 72.1 Å². The number of aliphatic hydroxyl groups excluding tert-OH is 1. The molecule has 0 aromatic heterocycles. The molecule has 6 nitrogen and oxygen atoms in total. The van der Waals surface area contributed by atoms with Gasteiger partial charge in [0.1, 0.15) is 0 Å². The van der Waals surface area contributed by atoms with Gasteiger partial charge in [-0.15, -0.1) is 0 Å². The number of piperidine rings is 1. The van der Waals surface area contributed by atoms with Crippen molar-refractivity contribution in [3.8, 4) is 0 Å². The van der Waals surface area contributed by atoms with Gasteiger partial charge in [0.2, 0.25) is 11.8 Å². The van der Waals surface area contributed by atoms with E-state index in [4.69, 9.17) is 0 Å². The van der Waals surface area contributed by atoms with Crippen molar-refractivity contribution >= 4 is 11.8 Å². The summed E-state index contributed by atoms with van der Waals surface area (Å²) >= 11 is 0. The second kappa shape index (κ2) is 8.34. The van der Waals surface area contributed by atoms with E-state index in [-0.39, 0.29) is 31.0 Å². The lowest BCUT2D eigenvalue weighted by molar-refractivity contribution is -0.133. The third-order valence-electron chi connectivity index (χ3n) is 4.41. The minimum Gasteiger partial charge on any atom is -0.395 e. The highest BCUT2D eigenvalue weighted by Gasteiger charge is 2.23. The Morgan fingerprint density at radius 1 is 1.29 bits per heavy atom. The van der Waals surface area contributed by atoms with E-state index in [0.717, 1.165) is 32.4 Å². The number of likely N-dealkylation sites (tertiary alicyclic amines) is 2. The van der Waals surface area contributed by atoms with E-state index < -0.39 is 0 Å². The van der Waals surface area contributed by atoms with Crippen molar-refractivity contribution in [2.24, 2.45) is 0 Å². The van der Waals surface area contributed by atoms with Gasteiger partial charge in [0, 0.05) is 32.1 Å². The number of rotatable bonds is 7. The maximum absolute atomic E-state index is 11.8. The monoisotopic (exact) mass is 297 g/mol. The summed E-state index contributed by atoms with van der Waals surface area (Å²) in [6.45, 7) is 3.72. The molecule has 0 aliphatic carbocycles. The van der Waals surface area contributed by atoms with Crippen molar-refractivity contribution in [3.63, 3.8) is 0 Å². The maximum atomic E-state index is 11.8. The highest BCUT2D eigenvalue weighted by molar-refractivity contribution is 5.85. The lowest BCUT2D eigenvalue weighted by Crippen LogP contribution is -2.43. The molecule has 2 N–H and O–H groups in total. The van der Waals surface area contributed by atoms with E-state index in [2.05, 4.69) is 10.2 Å². The Balaban J connectivity index is 1.58. The second-order valence-corrected chi connectivity index (χ2v) is 5.99. The van der Waals surface area contributed by atoms with Crippen LogP contribution in [0, 0.1) is 0 Å². The van der Waals surface area contributed by atoms with Crippen LogP contribution in [0.25, 0.3) is 0 Å². The highest BCUT2D eigenvalue weighted by Crippen LogP contribution is 2.16. The van der Waals surface area contributed by atoms with Crippen LogP contribution in [-0.2, 0) is 9.59 Å². The van der Waals surface area contributed by atoms with E-state index in [1.165, 1.54) is 12.8 Å². The normalized spacial score (nSPS) is 23.6. The fraction of sp³-hybridized carbons (Fsp3) is 0.867. The lowest BCUT2D eigenvalue weighted by atomic mass is 10.0. The molecule has 2 saturated heterocycles. The van der Waals surface area contributed by atoms with Gasteiger partial charge in [-0.1, -0.05) is 6.42 Å². The van der Waals surface area contributed by atoms with Gasteiger partial charge in [-0.3, -0.25) is 14.5 Å². The Labute approximate surface area is 126 Å². The van der Waals surface area contributed by atoms with Gasteiger partial charge in [0.15, 0.2) is 0 Å². The van der Waals surface area contributed by atoms with E-state index in [1.807, 2.05) is 0 Å².